The third-order valence-electron chi connectivity index (χ3n) is 10.5. The summed E-state index contributed by atoms with van der Waals surface area (Å²) in [5.41, 5.74) is 4.26. The van der Waals surface area contributed by atoms with E-state index >= 15 is 0 Å². The molecule has 3 fully saturated rings. The van der Waals surface area contributed by atoms with Crippen LogP contribution in [-0.2, 0) is 0 Å². The van der Waals surface area contributed by atoms with Crippen LogP contribution in [0, 0.1) is 46.3 Å². The molecule has 29 heavy (non-hydrogen) atoms. The molecule has 8 atom stereocenters. The van der Waals surface area contributed by atoms with Gasteiger partial charge in [0, 0.05) is 0 Å². The van der Waals surface area contributed by atoms with Crippen LogP contribution in [0.2, 0.25) is 0 Å². The summed E-state index contributed by atoms with van der Waals surface area (Å²) < 4.78 is 0. The first-order chi connectivity index (χ1) is 13.7. The molecule has 0 amide bonds. The normalized spacial score (nSPS) is 45.2. The third-order valence-corrected chi connectivity index (χ3v) is 10.5. The summed E-state index contributed by atoms with van der Waals surface area (Å²) in [5.74, 6) is 4.65. The molecular weight excluding hydrogens is 352 g/mol. The number of aliphatic hydroxyl groups excluding tert-OH is 1. The monoisotopic (exact) mass is 398 g/mol. The van der Waals surface area contributed by atoms with Crippen LogP contribution >= 0.6 is 0 Å². The van der Waals surface area contributed by atoms with Gasteiger partial charge in [0.05, 0.1) is 6.10 Å². The largest absolute Gasteiger partial charge is 0.393 e. The molecule has 0 saturated heterocycles. The highest BCUT2D eigenvalue weighted by molar-refractivity contribution is 5.27. The topological polar surface area (TPSA) is 20.2 Å². The summed E-state index contributed by atoms with van der Waals surface area (Å²) in [6, 6.07) is 0. The molecule has 0 heterocycles. The predicted molar refractivity (Wildman–Crippen MR) is 124 cm³/mol. The van der Waals surface area contributed by atoms with Crippen LogP contribution in [0.1, 0.15) is 98.8 Å². The number of aliphatic hydroxyl groups is 1. The van der Waals surface area contributed by atoms with Gasteiger partial charge in [-0.2, -0.15) is 0 Å². The fourth-order valence-corrected chi connectivity index (χ4v) is 8.37. The van der Waals surface area contributed by atoms with Crippen molar-refractivity contribution in [3.63, 3.8) is 0 Å². The molecule has 0 unspecified atom stereocenters. The van der Waals surface area contributed by atoms with Crippen LogP contribution in [-0.4, -0.2) is 11.2 Å². The van der Waals surface area contributed by atoms with Crippen LogP contribution < -0.4 is 0 Å². The Kier molecular flexibility index (Phi) is 5.86. The Morgan fingerprint density at radius 3 is 2.48 bits per heavy atom. The second-order valence-corrected chi connectivity index (χ2v) is 12.2. The van der Waals surface area contributed by atoms with E-state index in [-0.39, 0.29) is 6.10 Å². The first kappa shape index (κ1) is 21.7. The Bertz CT molecular complexity index is 659. The van der Waals surface area contributed by atoms with E-state index in [0.29, 0.717) is 22.7 Å². The maximum atomic E-state index is 10.2. The first-order valence-corrected chi connectivity index (χ1v) is 12.7. The van der Waals surface area contributed by atoms with Crippen LogP contribution in [0.25, 0.3) is 0 Å². The van der Waals surface area contributed by atoms with Crippen molar-refractivity contribution in [2.45, 2.75) is 105 Å². The second-order valence-electron chi connectivity index (χ2n) is 12.2. The highest BCUT2D eigenvalue weighted by Gasteiger charge is 2.58. The fourth-order valence-electron chi connectivity index (χ4n) is 8.37. The molecule has 0 aliphatic heterocycles. The van der Waals surface area contributed by atoms with Crippen LogP contribution in [0.4, 0.5) is 0 Å². The lowest BCUT2D eigenvalue weighted by molar-refractivity contribution is -0.0427. The molecule has 1 heteroatoms. The average molecular weight is 399 g/mol. The lowest BCUT2D eigenvalue weighted by atomic mass is 9.47. The van der Waals surface area contributed by atoms with Crippen molar-refractivity contribution in [3.05, 3.63) is 23.8 Å². The standard InChI is InChI=1S/C28H46O/c1-18(2)19(3)7-8-20(4)24-11-12-25-23-10-9-21-17-22(29)13-15-27(21,5)26(23)14-16-28(24,25)6/h10,18,20-22,24-26,29H,3,7-9,11-17H2,1-2,4-6H3/t20-,21-,22+,24+,25+,26+,27+,28-/m1/s1. The van der Waals surface area contributed by atoms with Gasteiger partial charge < -0.3 is 5.11 Å². The van der Waals surface area contributed by atoms with Gasteiger partial charge in [-0.3, -0.25) is 0 Å². The maximum absolute atomic E-state index is 10.2. The van der Waals surface area contributed by atoms with Gasteiger partial charge in [0.1, 0.15) is 0 Å². The zero-order valence-corrected chi connectivity index (χ0v) is 19.8. The van der Waals surface area contributed by atoms with E-state index in [2.05, 4.69) is 47.3 Å². The number of hydrogen-bond acceptors (Lipinski definition) is 1. The van der Waals surface area contributed by atoms with Crippen LogP contribution in [0.15, 0.2) is 23.8 Å². The molecule has 1 N–H and O–H groups in total. The average Bonchev–Trinajstić information content (AvgIpc) is 3.03. The van der Waals surface area contributed by atoms with Crippen LogP contribution in [0.5, 0.6) is 0 Å². The Labute approximate surface area is 180 Å². The van der Waals surface area contributed by atoms with Crippen molar-refractivity contribution >= 4 is 0 Å². The minimum absolute atomic E-state index is 0.0471. The highest BCUT2D eigenvalue weighted by Crippen LogP contribution is 2.66. The smallest absolute Gasteiger partial charge is 0.0543 e. The molecule has 0 radical (unpaired) electrons. The molecule has 0 spiro atoms. The van der Waals surface area contributed by atoms with Gasteiger partial charge in [0.25, 0.3) is 0 Å². The lowest BCUT2D eigenvalue weighted by Crippen LogP contribution is -2.49. The molecule has 0 aromatic carbocycles. The van der Waals surface area contributed by atoms with Gasteiger partial charge in [-0.05, 0) is 111 Å². The minimum Gasteiger partial charge on any atom is -0.393 e. The Hall–Kier alpha value is -0.560. The predicted octanol–water partition coefficient (Wildman–Crippen LogP) is 7.55. The maximum Gasteiger partial charge on any atom is 0.0543 e. The van der Waals surface area contributed by atoms with Crippen LogP contribution in [0.3, 0.4) is 0 Å². The molecule has 1 nitrogen and oxygen atoms in total. The quantitative estimate of drug-likeness (QED) is 0.474. The van der Waals surface area contributed by atoms with E-state index in [1.54, 1.807) is 0 Å². The van der Waals surface area contributed by atoms with Crippen molar-refractivity contribution in [1.29, 1.82) is 0 Å². The SMILES string of the molecule is C=C(CC[C@@H](C)[C@@H]1CC[C@H]2C3=CC[C@@H]4C[C@@H](O)CC[C@]4(C)[C@H]3CC[C@@]21C)C(C)C. The van der Waals surface area contributed by atoms with Gasteiger partial charge in [-0.15, -0.1) is 0 Å². The summed E-state index contributed by atoms with van der Waals surface area (Å²) >= 11 is 0. The summed E-state index contributed by atoms with van der Waals surface area (Å²) in [7, 11) is 0. The van der Waals surface area contributed by atoms with Gasteiger partial charge >= 0.3 is 0 Å². The molecule has 4 rings (SSSR count). The Balaban J connectivity index is 1.50. The fraction of sp³-hybridized carbons (Fsp3) is 0.857. The summed E-state index contributed by atoms with van der Waals surface area (Å²) in [4.78, 5) is 0. The number of hydrogen-bond donors (Lipinski definition) is 1. The molecular formula is C28H46O. The summed E-state index contributed by atoms with van der Waals surface area (Å²) in [5, 5.41) is 10.2. The van der Waals surface area contributed by atoms with Crippen molar-refractivity contribution in [3.8, 4) is 0 Å². The second kappa shape index (κ2) is 7.85. The molecule has 4 aliphatic rings. The zero-order valence-electron chi connectivity index (χ0n) is 19.8. The van der Waals surface area contributed by atoms with E-state index < -0.39 is 0 Å². The van der Waals surface area contributed by atoms with Crippen molar-refractivity contribution < 1.29 is 5.11 Å². The molecule has 0 aromatic rings. The molecule has 0 bridgehead atoms. The third kappa shape index (κ3) is 3.58. The number of fused-ring (bicyclic) bond motifs is 5. The van der Waals surface area contributed by atoms with E-state index in [4.69, 9.17) is 0 Å². The van der Waals surface area contributed by atoms with Gasteiger partial charge in [0.15, 0.2) is 0 Å². The number of allylic oxidation sites excluding steroid dienone is 3. The molecule has 164 valence electrons. The van der Waals surface area contributed by atoms with Crippen molar-refractivity contribution in [2.24, 2.45) is 46.3 Å². The zero-order chi connectivity index (χ0) is 21.0. The summed E-state index contributed by atoms with van der Waals surface area (Å²) in [6.07, 6.45) is 15.3. The van der Waals surface area contributed by atoms with Gasteiger partial charge in [0.2, 0.25) is 0 Å². The van der Waals surface area contributed by atoms with Crippen molar-refractivity contribution in [1.82, 2.24) is 0 Å². The van der Waals surface area contributed by atoms with Gasteiger partial charge in [-0.25, -0.2) is 0 Å². The summed E-state index contributed by atoms with van der Waals surface area (Å²) in [6.45, 7) is 16.7. The van der Waals surface area contributed by atoms with E-state index in [1.165, 1.54) is 56.9 Å². The highest BCUT2D eigenvalue weighted by atomic mass is 16.3. The van der Waals surface area contributed by atoms with Gasteiger partial charge in [-0.1, -0.05) is 58.4 Å². The Morgan fingerprint density at radius 1 is 1.07 bits per heavy atom. The van der Waals surface area contributed by atoms with Crippen molar-refractivity contribution in [2.75, 3.05) is 0 Å². The van der Waals surface area contributed by atoms with E-state index in [0.717, 1.165) is 36.5 Å². The Morgan fingerprint density at radius 2 is 1.76 bits per heavy atom. The van der Waals surface area contributed by atoms with E-state index in [1.807, 2.05) is 5.57 Å². The molecule has 3 saturated carbocycles. The minimum atomic E-state index is -0.0471. The first-order valence-electron chi connectivity index (χ1n) is 12.7. The molecule has 4 aliphatic carbocycles. The molecule has 0 aromatic heterocycles. The lowest BCUT2D eigenvalue weighted by Gasteiger charge is -2.57. The number of rotatable bonds is 5. The van der Waals surface area contributed by atoms with E-state index in [9.17, 15) is 5.11 Å².